The Labute approximate surface area is 197 Å². The second-order valence-electron chi connectivity index (χ2n) is 9.23. The molecule has 0 heterocycles. The average molecular weight is 453 g/mol. The predicted molar refractivity (Wildman–Crippen MR) is 131 cm³/mol. The fraction of sp³-hybridized carbons (Fsp3) is 0.429. The maximum Gasteiger partial charge on any atom is 0.310 e. The Morgan fingerprint density at radius 3 is 2.21 bits per heavy atom. The monoisotopic (exact) mass is 452 g/mol. The third-order valence-corrected chi connectivity index (χ3v) is 5.40. The topological polar surface area (TPSA) is 72.8 Å². The number of allylic oxidation sites excluding steroid dienone is 1. The van der Waals surface area contributed by atoms with Crippen LogP contribution in [0.3, 0.4) is 0 Å². The Kier molecular flexibility index (Phi) is 10.2. The molecule has 0 saturated heterocycles. The van der Waals surface area contributed by atoms with Gasteiger partial charge in [0, 0.05) is 0 Å². The van der Waals surface area contributed by atoms with Crippen molar-refractivity contribution in [2.75, 3.05) is 7.11 Å². The van der Waals surface area contributed by atoms with E-state index in [1.54, 1.807) is 27.9 Å². The van der Waals surface area contributed by atoms with Crippen LogP contribution in [0.2, 0.25) is 0 Å². The van der Waals surface area contributed by atoms with Crippen LogP contribution in [0.15, 0.2) is 60.7 Å². The number of carboxylic acid groups (broad SMARTS) is 1. The average Bonchev–Trinajstić information content (AvgIpc) is 2.77. The van der Waals surface area contributed by atoms with Gasteiger partial charge < -0.3 is 14.6 Å². The minimum absolute atomic E-state index is 0.302. The fourth-order valence-corrected chi connectivity index (χ4v) is 3.70. The minimum Gasteiger partial charge on any atom is -0.497 e. The van der Waals surface area contributed by atoms with Crippen molar-refractivity contribution in [1.29, 1.82) is 0 Å². The van der Waals surface area contributed by atoms with Gasteiger partial charge in [0.2, 0.25) is 0 Å². The number of rotatable bonds is 12. The van der Waals surface area contributed by atoms with Crippen LogP contribution in [0, 0.1) is 11.8 Å². The highest BCUT2D eigenvalue weighted by molar-refractivity contribution is 5.81. The van der Waals surface area contributed by atoms with Crippen LogP contribution in [0.5, 0.6) is 5.75 Å². The first-order valence-electron chi connectivity index (χ1n) is 11.5. The molecule has 2 atom stereocenters. The lowest BCUT2D eigenvalue weighted by Crippen LogP contribution is -2.35. The minimum atomic E-state index is -0.955. The molecule has 5 nitrogen and oxygen atoms in total. The lowest BCUT2D eigenvalue weighted by atomic mass is 9.84. The maximum atomic E-state index is 12.9. The fourth-order valence-electron chi connectivity index (χ4n) is 3.70. The molecule has 1 N–H and O–H groups in total. The molecule has 5 heteroatoms. The van der Waals surface area contributed by atoms with Gasteiger partial charge in [-0.1, -0.05) is 61.0 Å². The largest absolute Gasteiger partial charge is 0.497 e. The Balaban J connectivity index is 2.07. The highest BCUT2D eigenvalue weighted by Crippen LogP contribution is 2.27. The van der Waals surface area contributed by atoms with Gasteiger partial charge in [-0.05, 0) is 69.7 Å². The van der Waals surface area contributed by atoms with E-state index in [0.29, 0.717) is 12.8 Å². The van der Waals surface area contributed by atoms with E-state index < -0.39 is 29.4 Å². The zero-order chi connectivity index (χ0) is 24.3. The van der Waals surface area contributed by atoms with E-state index in [-0.39, 0.29) is 0 Å². The third-order valence-electron chi connectivity index (χ3n) is 5.40. The van der Waals surface area contributed by atoms with Gasteiger partial charge in [-0.3, -0.25) is 9.59 Å². The summed E-state index contributed by atoms with van der Waals surface area (Å²) in [5, 5.41) is 9.94. The summed E-state index contributed by atoms with van der Waals surface area (Å²) in [6, 6.07) is 17.7. The van der Waals surface area contributed by atoms with E-state index in [9.17, 15) is 14.7 Å². The summed E-state index contributed by atoms with van der Waals surface area (Å²) in [6.07, 6.45) is 6.98. The molecule has 0 bridgehead atoms. The van der Waals surface area contributed by atoms with E-state index in [1.165, 1.54) is 5.56 Å². The summed E-state index contributed by atoms with van der Waals surface area (Å²) >= 11 is 0. The molecule has 33 heavy (non-hydrogen) atoms. The maximum absolute atomic E-state index is 12.9. The van der Waals surface area contributed by atoms with Crippen LogP contribution >= 0.6 is 0 Å². The number of methoxy groups -OCH3 is 1. The standard InChI is InChI=1S/C28H36O5/c1-28(2,3)33-27(31)25(16-10-14-22-17-19-23(32-4)20-18-22)24(26(29)30)15-9-8-13-21-11-6-5-7-12-21/h5-7,10-12,14,17-20,24-25H,8-9,13,15-16H2,1-4H3,(H,29,30)/b14-10+/t24-,25+/m1/s1. The molecule has 178 valence electrons. The van der Waals surface area contributed by atoms with Gasteiger partial charge in [-0.2, -0.15) is 0 Å². The Morgan fingerprint density at radius 2 is 1.64 bits per heavy atom. The molecular weight excluding hydrogens is 416 g/mol. The lowest BCUT2D eigenvalue weighted by Gasteiger charge is -2.27. The number of carbonyl (C=O) groups excluding carboxylic acids is 1. The summed E-state index contributed by atoms with van der Waals surface area (Å²) in [5.41, 5.74) is 1.51. The third kappa shape index (κ3) is 9.52. The number of aliphatic carboxylic acids is 1. The van der Waals surface area contributed by atoms with Crippen molar-refractivity contribution in [3.63, 3.8) is 0 Å². The number of benzene rings is 2. The van der Waals surface area contributed by atoms with Crippen molar-refractivity contribution in [3.05, 3.63) is 71.8 Å². The van der Waals surface area contributed by atoms with Crippen molar-refractivity contribution >= 4 is 18.0 Å². The van der Waals surface area contributed by atoms with Gasteiger partial charge in [-0.25, -0.2) is 0 Å². The molecule has 0 fully saturated rings. The second kappa shape index (κ2) is 12.8. The molecule has 2 rings (SSSR count). The van der Waals surface area contributed by atoms with Gasteiger partial charge in [-0.15, -0.1) is 0 Å². The summed E-state index contributed by atoms with van der Waals surface area (Å²) in [5.74, 6) is -2.19. The van der Waals surface area contributed by atoms with Crippen molar-refractivity contribution in [2.45, 2.75) is 58.5 Å². The summed E-state index contributed by atoms with van der Waals surface area (Å²) < 4.78 is 10.8. The first-order valence-corrected chi connectivity index (χ1v) is 11.5. The molecule has 0 radical (unpaired) electrons. The number of unbranched alkanes of at least 4 members (excludes halogenated alkanes) is 1. The number of esters is 1. The molecule has 0 spiro atoms. The number of aryl methyl sites for hydroxylation is 1. The molecule has 0 amide bonds. The Hall–Kier alpha value is -3.08. The highest BCUT2D eigenvalue weighted by Gasteiger charge is 2.35. The summed E-state index contributed by atoms with van der Waals surface area (Å²) in [4.78, 5) is 25.1. The van der Waals surface area contributed by atoms with E-state index in [4.69, 9.17) is 9.47 Å². The number of hydrogen-bond acceptors (Lipinski definition) is 4. The van der Waals surface area contributed by atoms with E-state index in [1.807, 2.05) is 54.6 Å². The van der Waals surface area contributed by atoms with Crippen molar-refractivity contribution in [3.8, 4) is 5.75 Å². The first kappa shape index (κ1) is 26.2. The zero-order valence-electron chi connectivity index (χ0n) is 20.1. The summed E-state index contributed by atoms with van der Waals surface area (Å²) in [7, 11) is 1.61. The van der Waals surface area contributed by atoms with Crippen molar-refractivity contribution < 1.29 is 24.2 Å². The molecular formula is C28H36O5. The lowest BCUT2D eigenvalue weighted by molar-refractivity contribution is -0.166. The van der Waals surface area contributed by atoms with Crippen LogP contribution < -0.4 is 4.74 Å². The number of hydrogen-bond donors (Lipinski definition) is 1. The predicted octanol–water partition coefficient (Wildman–Crippen LogP) is 6.17. The molecule has 0 aromatic heterocycles. The quantitative estimate of drug-likeness (QED) is 0.308. The molecule has 0 saturated carbocycles. The van der Waals surface area contributed by atoms with Crippen LogP contribution in [0.4, 0.5) is 0 Å². The van der Waals surface area contributed by atoms with Crippen LogP contribution in [-0.2, 0) is 20.7 Å². The van der Waals surface area contributed by atoms with Crippen LogP contribution in [0.1, 0.15) is 57.6 Å². The normalized spacial score (nSPS) is 13.5. The molecule has 0 unspecified atom stereocenters. The molecule has 2 aromatic rings. The van der Waals surface area contributed by atoms with Gasteiger partial charge in [0.1, 0.15) is 11.4 Å². The van der Waals surface area contributed by atoms with E-state index >= 15 is 0 Å². The molecule has 0 aliphatic rings. The van der Waals surface area contributed by atoms with Gasteiger partial charge >= 0.3 is 11.9 Å². The molecule has 0 aliphatic heterocycles. The van der Waals surface area contributed by atoms with Crippen LogP contribution in [-0.4, -0.2) is 29.8 Å². The molecule has 2 aromatic carbocycles. The van der Waals surface area contributed by atoms with Gasteiger partial charge in [0.25, 0.3) is 0 Å². The smallest absolute Gasteiger partial charge is 0.310 e. The second-order valence-corrected chi connectivity index (χ2v) is 9.23. The SMILES string of the molecule is COc1ccc(/C=C/C[C@H](C(=O)OC(C)(C)C)[C@@H](CCCCc2ccccc2)C(=O)O)cc1. The zero-order valence-corrected chi connectivity index (χ0v) is 20.1. The van der Waals surface area contributed by atoms with Gasteiger partial charge in [0.05, 0.1) is 18.9 Å². The van der Waals surface area contributed by atoms with Gasteiger partial charge in [0.15, 0.2) is 0 Å². The highest BCUT2D eigenvalue weighted by atomic mass is 16.6. The molecule has 0 aliphatic carbocycles. The number of carbonyl (C=O) groups is 2. The summed E-state index contributed by atoms with van der Waals surface area (Å²) in [6.45, 7) is 5.39. The number of carboxylic acids is 1. The van der Waals surface area contributed by atoms with Crippen molar-refractivity contribution in [2.24, 2.45) is 11.8 Å². The first-order chi connectivity index (χ1) is 15.7. The number of ether oxygens (including phenoxy) is 2. The van der Waals surface area contributed by atoms with Crippen molar-refractivity contribution in [1.82, 2.24) is 0 Å². The Morgan fingerprint density at radius 1 is 0.970 bits per heavy atom. The Bertz CT molecular complexity index is 894. The van der Waals surface area contributed by atoms with Crippen LogP contribution in [0.25, 0.3) is 6.08 Å². The van der Waals surface area contributed by atoms with E-state index in [0.717, 1.165) is 30.6 Å². The van der Waals surface area contributed by atoms with E-state index in [2.05, 4.69) is 12.1 Å².